The smallest absolute Gasteiger partial charge is 0.336 e. The molecule has 0 saturated heterocycles. The van der Waals surface area contributed by atoms with E-state index in [9.17, 15) is 13.6 Å². The van der Waals surface area contributed by atoms with E-state index in [0.717, 1.165) is 6.07 Å². The number of pyridine rings is 1. The molecule has 4 nitrogen and oxygen atoms in total. The number of rotatable bonds is 2. The quantitative estimate of drug-likeness (QED) is 0.812. The summed E-state index contributed by atoms with van der Waals surface area (Å²) in [6.07, 6.45) is -2.89. The molecule has 78 valence electrons. The molecule has 6 heteroatoms. The summed E-state index contributed by atoms with van der Waals surface area (Å²) in [6.45, 7) is 1.35. The molecular formula is C9H6F2N2O2. The number of carbonyl (C=O) groups is 1. The second-order valence-corrected chi connectivity index (χ2v) is 2.79. The molecule has 0 aliphatic rings. The van der Waals surface area contributed by atoms with E-state index in [1.807, 2.05) is 0 Å². The van der Waals surface area contributed by atoms with Gasteiger partial charge in [-0.25, -0.2) is 18.6 Å². The molecule has 0 aliphatic carbocycles. The number of halogens is 2. The second-order valence-electron chi connectivity index (χ2n) is 2.79. The minimum atomic E-state index is -2.89. The van der Waals surface area contributed by atoms with Crippen LogP contribution in [0, 0.1) is 18.3 Å². The number of carboxylic acid groups (broad SMARTS) is 1. The van der Waals surface area contributed by atoms with Crippen LogP contribution in [0.3, 0.4) is 0 Å². The highest BCUT2D eigenvalue weighted by molar-refractivity contribution is 5.89. The summed E-state index contributed by atoms with van der Waals surface area (Å²) < 4.78 is 24.6. The van der Waals surface area contributed by atoms with Gasteiger partial charge in [-0.15, -0.1) is 0 Å². The van der Waals surface area contributed by atoms with Gasteiger partial charge in [0.15, 0.2) is 0 Å². The molecule has 1 heterocycles. The molecule has 0 fully saturated rings. The van der Waals surface area contributed by atoms with Gasteiger partial charge in [-0.3, -0.25) is 0 Å². The van der Waals surface area contributed by atoms with Crippen LogP contribution < -0.4 is 0 Å². The molecule has 15 heavy (non-hydrogen) atoms. The van der Waals surface area contributed by atoms with Crippen molar-refractivity contribution in [2.45, 2.75) is 13.3 Å². The molecule has 0 unspecified atom stereocenters. The van der Waals surface area contributed by atoms with Crippen LogP contribution >= 0.6 is 0 Å². The molecule has 0 bridgehead atoms. The Morgan fingerprint density at radius 3 is 2.67 bits per heavy atom. The van der Waals surface area contributed by atoms with Gasteiger partial charge in [0, 0.05) is 5.56 Å². The Balaban J connectivity index is 3.47. The molecule has 1 rings (SSSR count). The molecule has 1 aromatic heterocycles. The Hall–Kier alpha value is -2.03. The third kappa shape index (κ3) is 2.07. The molecule has 1 N–H and O–H groups in total. The van der Waals surface area contributed by atoms with E-state index in [1.165, 1.54) is 6.92 Å². The summed E-state index contributed by atoms with van der Waals surface area (Å²) in [7, 11) is 0. The second kappa shape index (κ2) is 4.00. The zero-order chi connectivity index (χ0) is 11.6. The van der Waals surface area contributed by atoms with Crippen LogP contribution in [0.5, 0.6) is 0 Å². The first kappa shape index (κ1) is 11.0. The van der Waals surface area contributed by atoms with Crippen LogP contribution in [0.15, 0.2) is 6.07 Å². The molecule has 0 radical (unpaired) electrons. The number of aromatic nitrogens is 1. The highest BCUT2D eigenvalue weighted by Crippen LogP contribution is 2.21. The summed E-state index contributed by atoms with van der Waals surface area (Å²) in [5, 5.41) is 17.3. The average Bonchev–Trinajstić information content (AvgIpc) is 2.17. The fraction of sp³-hybridized carbons (Fsp3) is 0.222. The van der Waals surface area contributed by atoms with Gasteiger partial charge in [-0.1, -0.05) is 0 Å². The standard InChI is InChI=1S/C9H6F2N2O2/c1-4-5(9(14)15)2-6(8(10)11)13-7(4)3-12/h2,8H,1H3,(H,14,15). The lowest BCUT2D eigenvalue weighted by atomic mass is 10.1. The van der Waals surface area contributed by atoms with E-state index in [-0.39, 0.29) is 16.8 Å². The van der Waals surface area contributed by atoms with Gasteiger partial charge in [-0.05, 0) is 13.0 Å². The Kier molecular flexibility index (Phi) is 2.95. The van der Waals surface area contributed by atoms with Crippen LogP contribution in [-0.2, 0) is 0 Å². The minimum Gasteiger partial charge on any atom is -0.478 e. The zero-order valence-electron chi connectivity index (χ0n) is 7.66. The third-order valence-corrected chi connectivity index (χ3v) is 1.85. The monoisotopic (exact) mass is 212 g/mol. The zero-order valence-corrected chi connectivity index (χ0v) is 7.66. The van der Waals surface area contributed by atoms with E-state index in [2.05, 4.69) is 4.98 Å². The maximum Gasteiger partial charge on any atom is 0.336 e. The van der Waals surface area contributed by atoms with Gasteiger partial charge in [0.25, 0.3) is 6.43 Å². The topological polar surface area (TPSA) is 74.0 Å². The van der Waals surface area contributed by atoms with Crippen molar-refractivity contribution in [3.05, 3.63) is 28.6 Å². The predicted molar refractivity (Wildman–Crippen MR) is 45.6 cm³/mol. The average molecular weight is 212 g/mol. The van der Waals surface area contributed by atoms with Crippen molar-refractivity contribution >= 4 is 5.97 Å². The SMILES string of the molecule is Cc1c(C(=O)O)cc(C(F)F)nc1C#N. The lowest BCUT2D eigenvalue weighted by Crippen LogP contribution is -2.06. The highest BCUT2D eigenvalue weighted by Gasteiger charge is 2.18. The maximum absolute atomic E-state index is 12.3. The van der Waals surface area contributed by atoms with Gasteiger partial charge in [0.05, 0.1) is 5.56 Å². The number of nitrogens with zero attached hydrogens (tertiary/aromatic N) is 2. The van der Waals surface area contributed by atoms with Gasteiger partial charge in [-0.2, -0.15) is 5.26 Å². The van der Waals surface area contributed by atoms with Gasteiger partial charge < -0.3 is 5.11 Å². The van der Waals surface area contributed by atoms with Gasteiger partial charge in [0.2, 0.25) is 0 Å². The van der Waals surface area contributed by atoms with Crippen molar-refractivity contribution < 1.29 is 18.7 Å². The largest absolute Gasteiger partial charge is 0.478 e. The number of hydrogen-bond acceptors (Lipinski definition) is 3. The maximum atomic E-state index is 12.3. The van der Waals surface area contributed by atoms with Gasteiger partial charge >= 0.3 is 5.97 Å². The normalized spacial score (nSPS) is 10.1. The number of aromatic carboxylic acids is 1. The molecule has 0 aliphatic heterocycles. The Bertz CT molecular complexity index is 452. The lowest BCUT2D eigenvalue weighted by molar-refractivity contribution is 0.0695. The van der Waals surface area contributed by atoms with E-state index >= 15 is 0 Å². The molecule has 0 spiro atoms. The number of nitriles is 1. The lowest BCUT2D eigenvalue weighted by Gasteiger charge is -2.05. The highest BCUT2D eigenvalue weighted by atomic mass is 19.3. The van der Waals surface area contributed by atoms with E-state index < -0.39 is 18.1 Å². The first-order valence-corrected chi connectivity index (χ1v) is 3.90. The van der Waals surface area contributed by atoms with Crippen LogP contribution in [-0.4, -0.2) is 16.1 Å². The van der Waals surface area contributed by atoms with Crippen LogP contribution in [0.1, 0.15) is 33.7 Å². The van der Waals surface area contributed by atoms with Crippen molar-refractivity contribution in [3.8, 4) is 6.07 Å². The summed E-state index contributed by atoms with van der Waals surface area (Å²) >= 11 is 0. The van der Waals surface area contributed by atoms with Crippen molar-refractivity contribution in [1.82, 2.24) is 4.98 Å². The van der Waals surface area contributed by atoms with Crippen molar-refractivity contribution in [1.29, 1.82) is 5.26 Å². The first-order valence-electron chi connectivity index (χ1n) is 3.90. The van der Waals surface area contributed by atoms with E-state index in [0.29, 0.717) is 0 Å². The number of alkyl halides is 2. The van der Waals surface area contributed by atoms with Crippen LogP contribution in [0.25, 0.3) is 0 Å². The summed E-state index contributed by atoms with van der Waals surface area (Å²) in [6, 6.07) is 2.36. The Labute approximate surface area is 83.8 Å². The third-order valence-electron chi connectivity index (χ3n) is 1.85. The number of carboxylic acids is 1. The molecule has 0 amide bonds. The van der Waals surface area contributed by atoms with E-state index in [4.69, 9.17) is 10.4 Å². The first-order chi connectivity index (χ1) is 6.97. The van der Waals surface area contributed by atoms with Crippen LogP contribution in [0.2, 0.25) is 0 Å². The summed E-state index contributed by atoms with van der Waals surface area (Å²) in [5.74, 6) is -1.35. The van der Waals surface area contributed by atoms with Crippen molar-refractivity contribution in [2.75, 3.05) is 0 Å². The van der Waals surface area contributed by atoms with Crippen molar-refractivity contribution in [2.24, 2.45) is 0 Å². The molecule has 1 aromatic rings. The molecule has 0 aromatic carbocycles. The van der Waals surface area contributed by atoms with Crippen molar-refractivity contribution in [3.63, 3.8) is 0 Å². The minimum absolute atomic E-state index is 0.0920. The predicted octanol–water partition coefficient (Wildman–Crippen LogP) is 1.90. The number of hydrogen-bond donors (Lipinski definition) is 1. The fourth-order valence-electron chi connectivity index (χ4n) is 1.07. The van der Waals surface area contributed by atoms with Gasteiger partial charge in [0.1, 0.15) is 17.5 Å². The summed E-state index contributed by atoms with van der Waals surface area (Å²) in [5.41, 5.74) is -1.22. The molecular weight excluding hydrogens is 206 g/mol. The molecule has 0 saturated carbocycles. The summed E-state index contributed by atoms with van der Waals surface area (Å²) in [4.78, 5) is 14.0. The van der Waals surface area contributed by atoms with Crippen LogP contribution in [0.4, 0.5) is 8.78 Å². The Morgan fingerprint density at radius 2 is 2.27 bits per heavy atom. The Morgan fingerprint density at radius 1 is 1.67 bits per heavy atom. The molecule has 0 atom stereocenters. The van der Waals surface area contributed by atoms with E-state index in [1.54, 1.807) is 6.07 Å². The fourth-order valence-corrected chi connectivity index (χ4v) is 1.07.